The van der Waals surface area contributed by atoms with Gasteiger partial charge in [-0.25, -0.2) is 4.79 Å². The van der Waals surface area contributed by atoms with Gasteiger partial charge in [0.1, 0.15) is 5.57 Å². The van der Waals surface area contributed by atoms with E-state index in [0.29, 0.717) is 37.2 Å². The number of hydrogen-bond acceptors (Lipinski definition) is 7. The molecule has 11 heteroatoms. The number of nitrogens with zero attached hydrogens (tertiary/aromatic N) is 4. The van der Waals surface area contributed by atoms with Gasteiger partial charge in [-0.05, 0) is 25.0 Å². The molecule has 2 saturated heterocycles. The van der Waals surface area contributed by atoms with E-state index < -0.39 is 22.8 Å². The van der Waals surface area contributed by atoms with E-state index >= 15 is 0 Å². The number of imide groups is 2. The van der Waals surface area contributed by atoms with Gasteiger partial charge in [-0.15, -0.1) is 0 Å². The van der Waals surface area contributed by atoms with Crippen LogP contribution in [0.4, 0.5) is 16.2 Å². The normalized spacial score (nSPS) is 18.1. The van der Waals surface area contributed by atoms with Crippen LogP contribution in [0.3, 0.4) is 0 Å². The Hall–Kier alpha value is -3.76. The Morgan fingerprint density at radius 1 is 1.13 bits per heavy atom. The monoisotopic (exact) mass is 415 g/mol. The van der Waals surface area contributed by atoms with E-state index in [0.717, 1.165) is 9.80 Å². The van der Waals surface area contributed by atoms with Crippen molar-refractivity contribution in [2.75, 3.05) is 32.1 Å². The highest BCUT2D eigenvalue weighted by molar-refractivity contribution is 6.30. The number of urea groups is 1. The number of rotatable bonds is 4. The SMILES string of the molecule is CN1C(=O)C(=Cc2cc([N+](=O)[O-])ccc2N2CCC(C(N)=O)CC2)C(=O)N(C)C1=O. The highest BCUT2D eigenvalue weighted by Crippen LogP contribution is 2.32. The van der Waals surface area contributed by atoms with E-state index in [1.165, 1.54) is 32.3 Å². The van der Waals surface area contributed by atoms with Gasteiger partial charge in [0.15, 0.2) is 0 Å². The largest absolute Gasteiger partial charge is 0.371 e. The summed E-state index contributed by atoms with van der Waals surface area (Å²) in [5.41, 5.74) is 5.78. The third-order valence-corrected chi connectivity index (χ3v) is 5.40. The van der Waals surface area contributed by atoms with Crippen molar-refractivity contribution in [3.8, 4) is 0 Å². The summed E-state index contributed by atoms with van der Waals surface area (Å²) in [4.78, 5) is 62.6. The van der Waals surface area contributed by atoms with Crippen molar-refractivity contribution in [1.29, 1.82) is 0 Å². The molecule has 2 aliphatic rings. The summed E-state index contributed by atoms with van der Waals surface area (Å²) in [6.45, 7) is 0.976. The summed E-state index contributed by atoms with van der Waals surface area (Å²) in [6, 6.07) is 3.41. The highest BCUT2D eigenvalue weighted by Gasteiger charge is 2.38. The number of nitrogens with two attached hydrogens (primary N) is 1. The first-order valence-corrected chi connectivity index (χ1v) is 9.26. The topological polar surface area (TPSA) is 147 Å². The molecule has 30 heavy (non-hydrogen) atoms. The van der Waals surface area contributed by atoms with E-state index in [1.54, 1.807) is 6.07 Å². The molecule has 2 N–H and O–H groups in total. The van der Waals surface area contributed by atoms with Crippen LogP contribution in [-0.2, 0) is 14.4 Å². The quantitative estimate of drug-likeness (QED) is 0.330. The number of piperidine rings is 1. The van der Waals surface area contributed by atoms with Crippen LogP contribution in [0.1, 0.15) is 18.4 Å². The second-order valence-corrected chi connectivity index (χ2v) is 7.23. The Kier molecular flexibility index (Phi) is 5.54. The Labute approximate surface area is 171 Å². The summed E-state index contributed by atoms with van der Waals surface area (Å²) in [6.07, 6.45) is 2.33. The van der Waals surface area contributed by atoms with Crippen LogP contribution in [0, 0.1) is 16.0 Å². The number of hydrogen-bond donors (Lipinski definition) is 1. The lowest BCUT2D eigenvalue weighted by Gasteiger charge is -2.33. The molecule has 3 rings (SSSR count). The number of nitro groups is 1. The maximum absolute atomic E-state index is 12.5. The Bertz CT molecular complexity index is 954. The fourth-order valence-electron chi connectivity index (χ4n) is 3.59. The van der Waals surface area contributed by atoms with Crippen LogP contribution >= 0.6 is 0 Å². The lowest BCUT2D eigenvalue weighted by atomic mass is 9.95. The summed E-state index contributed by atoms with van der Waals surface area (Å²) in [5, 5.41) is 11.3. The van der Waals surface area contributed by atoms with Crippen molar-refractivity contribution in [3.63, 3.8) is 0 Å². The zero-order chi connectivity index (χ0) is 22.2. The van der Waals surface area contributed by atoms with Gasteiger partial charge in [-0.1, -0.05) is 0 Å². The van der Waals surface area contributed by atoms with Gasteiger partial charge in [-0.2, -0.15) is 0 Å². The minimum Gasteiger partial charge on any atom is -0.371 e. The summed E-state index contributed by atoms with van der Waals surface area (Å²) in [7, 11) is 2.51. The van der Waals surface area contributed by atoms with Crippen LogP contribution in [0.2, 0.25) is 0 Å². The lowest BCUT2D eigenvalue weighted by molar-refractivity contribution is -0.384. The average Bonchev–Trinajstić information content (AvgIpc) is 2.73. The molecule has 0 aliphatic carbocycles. The lowest BCUT2D eigenvalue weighted by Crippen LogP contribution is -2.52. The van der Waals surface area contributed by atoms with Gasteiger partial charge in [0.2, 0.25) is 5.91 Å². The summed E-state index contributed by atoms with van der Waals surface area (Å²) < 4.78 is 0. The predicted octanol–water partition coefficient (Wildman–Crippen LogP) is 0.730. The maximum Gasteiger partial charge on any atom is 0.333 e. The number of primary amides is 1. The Morgan fingerprint density at radius 2 is 1.70 bits per heavy atom. The number of anilines is 1. The Morgan fingerprint density at radius 3 is 2.20 bits per heavy atom. The zero-order valence-electron chi connectivity index (χ0n) is 16.5. The molecular weight excluding hydrogens is 394 g/mol. The van der Waals surface area contributed by atoms with Crippen molar-refractivity contribution in [2.24, 2.45) is 11.7 Å². The van der Waals surface area contributed by atoms with Crippen molar-refractivity contribution in [2.45, 2.75) is 12.8 Å². The first-order chi connectivity index (χ1) is 14.1. The number of amides is 5. The molecule has 1 aromatic carbocycles. The molecule has 0 unspecified atom stereocenters. The fourth-order valence-corrected chi connectivity index (χ4v) is 3.59. The van der Waals surface area contributed by atoms with E-state index in [-0.39, 0.29) is 23.1 Å². The van der Waals surface area contributed by atoms with E-state index in [1.807, 2.05) is 4.90 Å². The molecule has 0 radical (unpaired) electrons. The third kappa shape index (κ3) is 3.73. The first-order valence-electron chi connectivity index (χ1n) is 9.26. The molecule has 2 aliphatic heterocycles. The van der Waals surface area contributed by atoms with Crippen LogP contribution in [0.5, 0.6) is 0 Å². The van der Waals surface area contributed by atoms with E-state index in [9.17, 15) is 29.3 Å². The second kappa shape index (κ2) is 7.93. The molecule has 0 saturated carbocycles. The van der Waals surface area contributed by atoms with Gasteiger partial charge < -0.3 is 10.6 Å². The van der Waals surface area contributed by atoms with Gasteiger partial charge in [0.05, 0.1) is 4.92 Å². The third-order valence-electron chi connectivity index (χ3n) is 5.40. The molecule has 0 bridgehead atoms. The first kappa shape index (κ1) is 21.0. The standard InChI is InChI=1S/C19H21N5O6/c1-21-17(26)14(18(27)22(2)19(21)28)10-12-9-13(24(29)30)3-4-15(12)23-7-5-11(6-8-23)16(20)25/h3-4,9-11H,5-8H2,1-2H3,(H2,20,25). The minimum atomic E-state index is -0.784. The number of barbiturate groups is 1. The summed E-state index contributed by atoms with van der Waals surface area (Å²) >= 11 is 0. The molecule has 1 aromatic rings. The molecule has 2 heterocycles. The van der Waals surface area contributed by atoms with Crippen LogP contribution < -0.4 is 10.6 Å². The number of non-ortho nitro benzene ring substituents is 1. The molecule has 0 spiro atoms. The molecule has 0 aromatic heterocycles. The minimum absolute atomic E-state index is 0.203. The van der Waals surface area contributed by atoms with E-state index in [2.05, 4.69) is 0 Å². The average molecular weight is 415 g/mol. The number of likely N-dealkylation sites (N-methyl/N-ethyl adjacent to an activating group) is 2. The number of carbonyl (C=O) groups excluding carboxylic acids is 4. The molecule has 158 valence electrons. The maximum atomic E-state index is 12.5. The number of nitro benzene ring substituents is 1. The van der Waals surface area contributed by atoms with Crippen molar-refractivity contribution in [3.05, 3.63) is 39.4 Å². The van der Waals surface area contributed by atoms with Crippen molar-refractivity contribution in [1.82, 2.24) is 9.80 Å². The number of benzene rings is 1. The molecule has 5 amide bonds. The van der Waals surface area contributed by atoms with Gasteiger partial charge >= 0.3 is 6.03 Å². The van der Waals surface area contributed by atoms with Crippen LogP contribution in [0.15, 0.2) is 23.8 Å². The second-order valence-electron chi connectivity index (χ2n) is 7.23. The molecule has 0 atom stereocenters. The fraction of sp³-hybridized carbons (Fsp3) is 0.368. The Balaban J connectivity index is 2.03. The van der Waals surface area contributed by atoms with Crippen molar-refractivity contribution < 1.29 is 24.1 Å². The molecular formula is C19H21N5O6. The van der Waals surface area contributed by atoms with Gasteiger partial charge in [0, 0.05) is 56.5 Å². The van der Waals surface area contributed by atoms with Crippen LogP contribution in [0.25, 0.3) is 6.08 Å². The van der Waals surface area contributed by atoms with E-state index in [4.69, 9.17) is 5.73 Å². The smallest absolute Gasteiger partial charge is 0.333 e. The van der Waals surface area contributed by atoms with Crippen LogP contribution in [-0.4, -0.2) is 65.7 Å². The zero-order valence-corrected chi connectivity index (χ0v) is 16.5. The van der Waals surface area contributed by atoms with Gasteiger partial charge in [-0.3, -0.25) is 34.3 Å². The highest BCUT2D eigenvalue weighted by atomic mass is 16.6. The predicted molar refractivity (Wildman–Crippen MR) is 106 cm³/mol. The number of carbonyl (C=O) groups is 4. The molecule has 11 nitrogen and oxygen atoms in total. The summed E-state index contributed by atoms with van der Waals surface area (Å²) in [5.74, 6) is -2.17. The van der Waals surface area contributed by atoms with Gasteiger partial charge in [0.25, 0.3) is 17.5 Å². The van der Waals surface area contributed by atoms with Crippen molar-refractivity contribution >= 4 is 41.2 Å². The molecule has 2 fully saturated rings.